The minimum absolute atomic E-state index is 0.00214. The molecule has 25 heavy (non-hydrogen) atoms. The van der Waals surface area contributed by atoms with E-state index in [0.29, 0.717) is 5.56 Å². The van der Waals surface area contributed by atoms with Crippen molar-refractivity contribution >= 4 is 17.5 Å². The highest BCUT2D eigenvalue weighted by molar-refractivity contribution is 5.95. The summed E-state index contributed by atoms with van der Waals surface area (Å²) in [5.74, 6) is 0.386. The number of amidine groups is 1. The second-order valence-corrected chi connectivity index (χ2v) is 5.77. The summed E-state index contributed by atoms with van der Waals surface area (Å²) in [4.78, 5) is 12.3. The first-order chi connectivity index (χ1) is 11.9. The number of methoxy groups -OCH3 is 2. The van der Waals surface area contributed by atoms with Crippen molar-refractivity contribution < 1.29 is 14.3 Å². The predicted molar refractivity (Wildman–Crippen MR) is 98.3 cm³/mol. The predicted octanol–water partition coefficient (Wildman–Crippen LogP) is 2.92. The Morgan fingerprint density at radius 1 is 1.12 bits per heavy atom. The lowest BCUT2D eigenvalue weighted by Crippen LogP contribution is -2.23. The van der Waals surface area contributed by atoms with E-state index in [1.165, 1.54) is 7.11 Å². The van der Waals surface area contributed by atoms with Gasteiger partial charge in [0, 0.05) is 11.3 Å². The molecule has 2 aromatic carbocycles. The van der Waals surface area contributed by atoms with Crippen LogP contribution >= 0.6 is 0 Å². The zero-order chi connectivity index (χ0) is 18.6. The van der Waals surface area contributed by atoms with Gasteiger partial charge in [-0.2, -0.15) is 0 Å². The number of anilines is 1. The van der Waals surface area contributed by atoms with Crippen LogP contribution in [0.15, 0.2) is 36.4 Å². The van der Waals surface area contributed by atoms with Crippen LogP contribution in [0.2, 0.25) is 0 Å². The number of nitrogens with two attached hydrogens (primary N) is 1. The van der Waals surface area contributed by atoms with Gasteiger partial charge in [-0.25, -0.2) is 4.79 Å². The summed E-state index contributed by atoms with van der Waals surface area (Å²) in [5.41, 5.74) is 9.50. The van der Waals surface area contributed by atoms with Gasteiger partial charge in [0.2, 0.25) is 0 Å². The molecule has 0 saturated heterocycles. The third kappa shape index (κ3) is 4.09. The smallest absolute Gasteiger partial charge is 0.332 e. The molecule has 0 fully saturated rings. The molecule has 0 radical (unpaired) electrons. The van der Waals surface area contributed by atoms with Gasteiger partial charge in [-0.05, 0) is 66.9 Å². The van der Waals surface area contributed by atoms with Gasteiger partial charge in [-0.1, -0.05) is 0 Å². The van der Waals surface area contributed by atoms with Crippen LogP contribution in [-0.4, -0.2) is 26.0 Å². The van der Waals surface area contributed by atoms with E-state index in [2.05, 4.69) is 5.32 Å². The van der Waals surface area contributed by atoms with Gasteiger partial charge in [-0.3, -0.25) is 5.41 Å². The van der Waals surface area contributed by atoms with Crippen LogP contribution < -0.4 is 15.8 Å². The molecule has 0 saturated carbocycles. The average molecular weight is 341 g/mol. The van der Waals surface area contributed by atoms with E-state index in [1.807, 2.05) is 26.0 Å². The van der Waals surface area contributed by atoms with Crippen molar-refractivity contribution in [1.29, 1.82) is 5.41 Å². The molecular formula is C19H23N3O3. The standard InChI is InChI=1S/C19H23N3O3/c1-11-10-16(24-3)12(2)9-15(11)17(19(23)25-4)22-14-7-5-13(6-8-14)18(20)21/h5-10,17,22H,1-4H3,(H3,20,21). The molecule has 0 aromatic heterocycles. The van der Waals surface area contributed by atoms with Crippen molar-refractivity contribution in [3.05, 3.63) is 58.7 Å². The first-order valence-corrected chi connectivity index (χ1v) is 7.81. The molecule has 0 spiro atoms. The Balaban J connectivity index is 2.38. The van der Waals surface area contributed by atoms with Gasteiger partial charge in [-0.15, -0.1) is 0 Å². The number of aryl methyl sites for hydroxylation is 2. The summed E-state index contributed by atoms with van der Waals surface area (Å²) in [5, 5.41) is 10.6. The molecule has 6 heteroatoms. The molecule has 0 aliphatic carbocycles. The van der Waals surface area contributed by atoms with Crippen LogP contribution in [0.1, 0.15) is 28.3 Å². The van der Waals surface area contributed by atoms with E-state index < -0.39 is 6.04 Å². The highest BCUT2D eigenvalue weighted by Gasteiger charge is 2.24. The minimum atomic E-state index is -0.655. The van der Waals surface area contributed by atoms with Gasteiger partial charge in [0.25, 0.3) is 0 Å². The third-order valence-electron chi connectivity index (χ3n) is 4.04. The van der Waals surface area contributed by atoms with Crippen molar-refractivity contribution in [1.82, 2.24) is 0 Å². The minimum Gasteiger partial charge on any atom is -0.496 e. The zero-order valence-corrected chi connectivity index (χ0v) is 14.8. The quantitative estimate of drug-likeness (QED) is 0.426. The summed E-state index contributed by atoms with van der Waals surface area (Å²) >= 11 is 0. The van der Waals surface area contributed by atoms with Crippen LogP contribution in [-0.2, 0) is 9.53 Å². The van der Waals surface area contributed by atoms with Crippen molar-refractivity contribution in [3.8, 4) is 5.75 Å². The average Bonchev–Trinajstić information content (AvgIpc) is 2.61. The van der Waals surface area contributed by atoms with Gasteiger partial charge in [0.05, 0.1) is 14.2 Å². The molecule has 0 heterocycles. The lowest BCUT2D eigenvalue weighted by atomic mass is 9.97. The van der Waals surface area contributed by atoms with Crippen molar-refractivity contribution in [2.24, 2.45) is 5.73 Å². The number of rotatable bonds is 6. The van der Waals surface area contributed by atoms with E-state index in [1.54, 1.807) is 31.4 Å². The Morgan fingerprint density at radius 2 is 1.76 bits per heavy atom. The summed E-state index contributed by atoms with van der Waals surface area (Å²) in [7, 11) is 2.98. The van der Waals surface area contributed by atoms with Gasteiger partial charge in [0.15, 0.2) is 6.04 Å². The second-order valence-electron chi connectivity index (χ2n) is 5.77. The Morgan fingerprint density at radius 3 is 2.28 bits per heavy atom. The number of hydrogen-bond donors (Lipinski definition) is 3. The number of carbonyl (C=O) groups excluding carboxylic acids is 1. The summed E-state index contributed by atoms with van der Waals surface area (Å²) in [6.07, 6.45) is 0. The monoisotopic (exact) mass is 341 g/mol. The maximum Gasteiger partial charge on any atom is 0.332 e. The number of ether oxygens (including phenoxy) is 2. The van der Waals surface area contributed by atoms with Crippen LogP contribution in [0.4, 0.5) is 5.69 Å². The molecule has 0 bridgehead atoms. The van der Waals surface area contributed by atoms with Crippen LogP contribution in [0.25, 0.3) is 0 Å². The van der Waals surface area contributed by atoms with Crippen LogP contribution in [0.3, 0.4) is 0 Å². The van der Waals surface area contributed by atoms with E-state index in [-0.39, 0.29) is 11.8 Å². The van der Waals surface area contributed by atoms with Crippen molar-refractivity contribution in [2.45, 2.75) is 19.9 Å². The normalized spacial score (nSPS) is 11.5. The molecule has 0 amide bonds. The molecule has 1 atom stereocenters. The number of nitrogen functional groups attached to an aromatic ring is 1. The molecule has 6 nitrogen and oxygen atoms in total. The number of benzene rings is 2. The first kappa shape index (κ1) is 18.3. The fourth-order valence-electron chi connectivity index (χ4n) is 2.64. The van der Waals surface area contributed by atoms with Gasteiger partial charge in [0.1, 0.15) is 11.6 Å². The van der Waals surface area contributed by atoms with Crippen LogP contribution in [0, 0.1) is 19.3 Å². The number of nitrogens with one attached hydrogen (secondary N) is 2. The fourth-order valence-corrected chi connectivity index (χ4v) is 2.64. The Bertz CT molecular complexity index is 785. The Kier molecular flexibility index (Phi) is 5.64. The number of carbonyl (C=O) groups is 1. The Hall–Kier alpha value is -3.02. The summed E-state index contributed by atoms with van der Waals surface area (Å²) in [6.45, 7) is 3.85. The molecule has 132 valence electrons. The SMILES string of the molecule is COC(=O)C(Nc1ccc(C(=N)N)cc1)c1cc(C)c(OC)cc1C. The maximum absolute atomic E-state index is 12.3. The van der Waals surface area contributed by atoms with E-state index in [9.17, 15) is 4.79 Å². The zero-order valence-electron chi connectivity index (χ0n) is 14.8. The molecule has 0 aliphatic heterocycles. The second kappa shape index (κ2) is 7.70. The number of hydrogen-bond acceptors (Lipinski definition) is 5. The lowest BCUT2D eigenvalue weighted by molar-refractivity contribution is -0.141. The van der Waals surface area contributed by atoms with Gasteiger partial charge < -0.3 is 20.5 Å². The maximum atomic E-state index is 12.3. The summed E-state index contributed by atoms with van der Waals surface area (Å²) < 4.78 is 10.3. The largest absolute Gasteiger partial charge is 0.496 e. The highest BCUT2D eigenvalue weighted by atomic mass is 16.5. The molecule has 1 unspecified atom stereocenters. The van der Waals surface area contributed by atoms with E-state index in [0.717, 1.165) is 28.1 Å². The van der Waals surface area contributed by atoms with E-state index >= 15 is 0 Å². The van der Waals surface area contributed by atoms with Crippen LogP contribution in [0.5, 0.6) is 5.75 Å². The molecule has 0 aliphatic rings. The van der Waals surface area contributed by atoms with Gasteiger partial charge >= 0.3 is 5.97 Å². The molecule has 2 rings (SSSR count). The summed E-state index contributed by atoms with van der Waals surface area (Å²) in [6, 6.07) is 10.2. The Labute approximate surface area is 147 Å². The molecular weight excluding hydrogens is 318 g/mol. The molecule has 4 N–H and O–H groups in total. The third-order valence-corrected chi connectivity index (χ3v) is 4.04. The lowest BCUT2D eigenvalue weighted by Gasteiger charge is -2.21. The van der Waals surface area contributed by atoms with Crippen molar-refractivity contribution in [3.63, 3.8) is 0 Å². The topological polar surface area (TPSA) is 97.4 Å². The van der Waals surface area contributed by atoms with Crippen molar-refractivity contribution in [2.75, 3.05) is 19.5 Å². The number of esters is 1. The fraction of sp³-hybridized carbons (Fsp3) is 0.263. The highest BCUT2D eigenvalue weighted by Crippen LogP contribution is 2.29. The first-order valence-electron chi connectivity index (χ1n) is 7.81. The molecule has 2 aromatic rings. The van der Waals surface area contributed by atoms with E-state index in [4.69, 9.17) is 20.6 Å².